The van der Waals surface area contributed by atoms with E-state index in [9.17, 15) is 4.79 Å². The van der Waals surface area contributed by atoms with Crippen LogP contribution >= 0.6 is 11.8 Å². The number of benzene rings is 1. The third-order valence-electron chi connectivity index (χ3n) is 3.64. The molecule has 0 radical (unpaired) electrons. The molecule has 0 spiro atoms. The highest BCUT2D eigenvalue weighted by atomic mass is 32.2. The smallest absolute Gasteiger partial charge is 0.256 e. The number of nitrogens with zero attached hydrogens (tertiary/aromatic N) is 3. The fourth-order valence-corrected chi connectivity index (χ4v) is 3.30. The number of hydrogen-bond acceptors (Lipinski definition) is 5. The maximum Gasteiger partial charge on any atom is 0.256 e. The first-order valence-corrected chi connectivity index (χ1v) is 8.91. The van der Waals surface area contributed by atoms with Gasteiger partial charge in [-0.3, -0.25) is 4.79 Å². The highest BCUT2D eigenvalue weighted by Crippen LogP contribution is 2.25. The summed E-state index contributed by atoms with van der Waals surface area (Å²) in [4.78, 5) is 18.9. The van der Waals surface area contributed by atoms with E-state index in [1.165, 1.54) is 11.8 Å². The van der Waals surface area contributed by atoms with Gasteiger partial charge in [-0.15, -0.1) is 0 Å². The van der Waals surface area contributed by atoms with E-state index in [1.807, 2.05) is 49.4 Å². The Bertz CT molecular complexity index is 849. The van der Waals surface area contributed by atoms with Gasteiger partial charge < -0.3 is 9.42 Å². The van der Waals surface area contributed by atoms with Crippen LogP contribution in [0, 0.1) is 6.92 Å². The fourth-order valence-electron chi connectivity index (χ4n) is 2.43. The Labute approximate surface area is 151 Å². The normalized spacial score (nSPS) is 10.6. The van der Waals surface area contributed by atoms with E-state index >= 15 is 0 Å². The minimum atomic E-state index is -0.0456. The van der Waals surface area contributed by atoms with Gasteiger partial charge in [0.25, 0.3) is 5.91 Å². The number of hydrogen-bond donors (Lipinski definition) is 0. The average molecular weight is 353 g/mol. The van der Waals surface area contributed by atoms with Crippen LogP contribution in [-0.2, 0) is 12.3 Å². The zero-order valence-corrected chi connectivity index (χ0v) is 15.0. The fraction of sp³-hybridized carbons (Fsp3) is 0.211. The van der Waals surface area contributed by atoms with Gasteiger partial charge in [0.1, 0.15) is 10.8 Å². The molecule has 0 aliphatic rings. The summed E-state index contributed by atoms with van der Waals surface area (Å²) in [5.41, 5.74) is 2.53. The number of aryl methyl sites for hydroxylation is 1. The van der Waals surface area contributed by atoms with Crippen LogP contribution in [-0.4, -0.2) is 28.0 Å². The molecule has 3 rings (SSSR count). The van der Waals surface area contributed by atoms with Crippen molar-refractivity contribution in [3.8, 4) is 0 Å². The van der Waals surface area contributed by atoms with E-state index < -0.39 is 0 Å². The first kappa shape index (κ1) is 17.2. The molecule has 0 aliphatic carbocycles. The van der Waals surface area contributed by atoms with Gasteiger partial charge in [0.05, 0.1) is 11.3 Å². The maximum atomic E-state index is 12.8. The van der Waals surface area contributed by atoms with Crippen LogP contribution in [0.2, 0.25) is 0 Å². The van der Waals surface area contributed by atoms with Crippen LogP contribution in [0.3, 0.4) is 0 Å². The number of aromatic nitrogens is 2. The van der Waals surface area contributed by atoms with E-state index in [0.29, 0.717) is 22.9 Å². The summed E-state index contributed by atoms with van der Waals surface area (Å²) in [6.07, 6.45) is 1.70. The number of carbonyl (C=O) groups is 1. The Morgan fingerprint density at radius 1 is 1.20 bits per heavy atom. The Balaban J connectivity index is 1.71. The second kappa shape index (κ2) is 7.98. The number of rotatable bonds is 6. The Morgan fingerprint density at radius 3 is 2.72 bits per heavy atom. The van der Waals surface area contributed by atoms with Crippen molar-refractivity contribution in [2.24, 2.45) is 0 Å². The topological polar surface area (TPSA) is 59.2 Å². The minimum absolute atomic E-state index is 0.0456. The van der Waals surface area contributed by atoms with E-state index in [1.54, 1.807) is 24.2 Å². The molecule has 0 aliphatic heterocycles. The molecule has 5 nitrogen and oxygen atoms in total. The Hall–Kier alpha value is -2.60. The molecule has 0 saturated carbocycles. The Kier molecular flexibility index (Phi) is 5.50. The van der Waals surface area contributed by atoms with Crippen molar-refractivity contribution in [1.29, 1.82) is 0 Å². The lowest BCUT2D eigenvalue weighted by molar-refractivity contribution is 0.0781. The number of carbonyl (C=O) groups excluding carboxylic acids is 1. The van der Waals surface area contributed by atoms with Crippen molar-refractivity contribution in [1.82, 2.24) is 15.0 Å². The highest BCUT2D eigenvalue weighted by Gasteiger charge is 2.17. The van der Waals surface area contributed by atoms with Gasteiger partial charge in [-0.2, -0.15) is 0 Å². The summed E-state index contributed by atoms with van der Waals surface area (Å²) in [6, 6.07) is 15.4. The Morgan fingerprint density at radius 2 is 2.00 bits per heavy atom. The van der Waals surface area contributed by atoms with Crippen LogP contribution in [0.5, 0.6) is 0 Å². The van der Waals surface area contributed by atoms with Crippen molar-refractivity contribution in [3.05, 3.63) is 77.3 Å². The second-order valence-electron chi connectivity index (χ2n) is 5.72. The molecule has 3 aromatic rings. The standard InChI is InChI=1S/C19H19N3O2S/c1-14-11-16(21-24-14)13-25-18-17(9-6-10-20-18)19(23)22(2)12-15-7-4-3-5-8-15/h3-11H,12-13H2,1-2H3. The van der Waals surface area contributed by atoms with Gasteiger partial charge in [-0.05, 0) is 24.6 Å². The highest BCUT2D eigenvalue weighted by molar-refractivity contribution is 7.98. The first-order valence-electron chi connectivity index (χ1n) is 7.93. The van der Waals surface area contributed by atoms with E-state index in [0.717, 1.165) is 17.0 Å². The van der Waals surface area contributed by atoms with Crippen LogP contribution in [0.25, 0.3) is 0 Å². The molecule has 6 heteroatoms. The van der Waals surface area contributed by atoms with Crippen molar-refractivity contribution in [2.75, 3.05) is 7.05 Å². The average Bonchev–Trinajstić information content (AvgIpc) is 3.06. The number of thioether (sulfide) groups is 1. The van der Waals surface area contributed by atoms with E-state index in [4.69, 9.17) is 4.52 Å². The van der Waals surface area contributed by atoms with Crippen molar-refractivity contribution in [3.63, 3.8) is 0 Å². The lowest BCUT2D eigenvalue weighted by atomic mass is 10.2. The summed E-state index contributed by atoms with van der Waals surface area (Å²) < 4.78 is 5.08. The van der Waals surface area contributed by atoms with E-state index in [2.05, 4.69) is 10.1 Å². The second-order valence-corrected chi connectivity index (χ2v) is 6.68. The van der Waals surface area contributed by atoms with Gasteiger partial charge in [0.2, 0.25) is 0 Å². The molecule has 0 unspecified atom stereocenters. The van der Waals surface area contributed by atoms with Gasteiger partial charge in [-0.1, -0.05) is 47.3 Å². The molecule has 0 fully saturated rings. The van der Waals surface area contributed by atoms with E-state index in [-0.39, 0.29) is 5.91 Å². The van der Waals surface area contributed by atoms with Crippen LogP contribution in [0.1, 0.15) is 27.4 Å². The summed E-state index contributed by atoms with van der Waals surface area (Å²) >= 11 is 1.48. The molecule has 2 aromatic heterocycles. The quantitative estimate of drug-likeness (QED) is 0.628. The number of pyridine rings is 1. The molecule has 1 amide bonds. The minimum Gasteiger partial charge on any atom is -0.361 e. The predicted molar refractivity (Wildman–Crippen MR) is 97.3 cm³/mol. The van der Waals surface area contributed by atoms with Crippen molar-refractivity contribution in [2.45, 2.75) is 24.2 Å². The largest absolute Gasteiger partial charge is 0.361 e. The molecular weight excluding hydrogens is 334 g/mol. The van der Waals surface area contributed by atoms with Crippen molar-refractivity contribution >= 4 is 17.7 Å². The zero-order chi connectivity index (χ0) is 17.6. The molecule has 0 N–H and O–H groups in total. The monoisotopic (exact) mass is 353 g/mol. The SMILES string of the molecule is Cc1cc(CSc2ncccc2C(=O)N(C)Cc2ccccc2)no1. The van der Waals surface area contributed by atoms with Gasteiger partial charge in [0.15, 0.2) is 0 Å². The third-order valence-corrected chi connectivity index (χ3v) is 4.68. The summed E-state index contributed by atoms with van der Waals surface area (Å²) in [5, 5.41) is 4.68. The molecule has 128 valence electrons. The summed E-state index contributed by atoms with van der Waals surface area (Å²) in [5.74, 6) is 1.34. The van der Waals surface area contributed by atoms with Crippen LogP contribution in [0.15, 0.2) is 64.3 Å². The summed E-state index contributed by atoms with van der Waals surface area (Å²) in [6.45, 7) is 2.41. The van der Waals surface area contributed by atoms with Crippen LogP contribution in [0.4, 0.5) is 0 Å². The lowest BCUT2D eigenvalue weighted by Crippen LogP contribution is -2.26. The molecule has 0 atom stereocenters. The van der Waals surface area contributed by atoms with Gasteiger partial charge in [-0.25, -0.2) is 4.98 Å². The maximum absolute atomic E-state index is 12.8. The summed E-state index contributed by atoms with van der Waals surface area (Å²) in [7, 11) is 1.80. The molecule has 0 bridgehead atoms. The number of amides is 1. The lowest BCUT2D eigenvalue weighted by Gasteiger charge is -2.18. The third kappa shape index (κ3) is 4.48. The molecular formula is C19H19N3O2S. The molecule has 2 heterocycles. The van der Waals surface area contributed by atoms with Gasteiger partial charge >= 0.3 is 0 Å². The van der Waals surface area contributed by atoms with Gasteiger partial charge in [0, 0.05) is 31.6 Å². The molecule has 25 heavy (non-hydrogen) atoms. The first-order chi connectivity index (χ1) is 12.1. The predicted octanol–water partition coefficient (Wildman–Crippen LogP) is 3.94. The van der Waals surface area contributed by atoms with Crippen LogP contribution < -0.4 is 0 Å². The van der Waals surface area contributed by atoms with Crippen molar-refractivity contribution < 1.29 is 9.32 Å². The zero-order valence-electron chi connectivity index (χ0n) is 14.2. The molecule has 1 aromatic carbocycles. The molecule has 0 saturated heterocycles.